The van der Waals surface area contributed by atoms with Crippen molar-refractivity contribution in [3.8, 4) is 5.75 Å². The molecule has 4 heteroatoms. The third kappa shape index (κ3) is 5.49. The van der Waals surface area contributed by atoms with Crippen molar-refractivity contribution < 1.29 is 9.47 Å². The molecular formula is C15H26N2O2. The molecule has 1 aromatic rings. The molecule has 0 spiro atoms. The Hall–Kier alpha value is -1.26. The molecule has 0 aliphatic carbocycles. The van der Waals surface area contributed by atoms with E-state index >= 15 is 0 Å². The molecule has 0 aromatic heterocycles. The monoisotopic (exact) mass is 266 g/mol. The van der Waals surface area contributed by atoms with E-state index in [1.54, 1.807) is 14.2 Å². The summed E-state index contributed by atoms with van der Waals surface area (Å²) < 4.78 is 10.3. The average molecular weight is 266 g/mol. The molecule has 0 fully saturated rings. The van der Waals surface area contributed by atoms with E-state index in [4.69, 9.17) is 15.2 Å². The predicted octanol–water partition coefficient (Wildman–Crippen LogP) is 2.38. The van der Waals surface area contributed by atoms with Crippen LogP contribution in [0.15, 0.2) is 18.2 Å². The van der Waals surface area contributed by atoms with Crippen LogP contribution in [0.5, 0.6) is 5.75 Å². The van der Waals surface area contributed by atoms with E-state index < -0.39 is 0 Å². The molecule has 0 radical (unpaired) electrons. The van der Waals surface area contributed by atoms with Gasteiger partial charge in [0.15, 0.2) is 0 Å². The summed E-state index contributed by atoms with van der Waals surface area (Å²) in [4.78, 5) is 2.37. The van der Waals surface area contributed by atoms with E-state index in [0.717, 1.165) is 43.2 Å². The summed E-state index contributed by atoms with van der Waals surface area (Å²) in [5, 5.41) is 0. The Morgan fingerprint density at radius 2 is 2.00 bits per heavy atom. The molecule has 0 aliphatic heterocycles. The van der Waals surface area contributed by atoms with Crippen LogP contribution in [0, 0.1) is 5.92 Å². The first-order valence-electron chi connectivity index (χ1n) is 6.70. The molecule has 0 heterocycles. The third-order valence-corrected chi connectivity index (χ3v) is 2.98. The Bertz CT molecular complexity index is 380. The van der Waals surface area contributed by atoms with Crippen molar-refractivity contribution in [1.82, 2.24) is 4.90 Å². The van der Waals surface area contributed by atoms with Crippen molar-refractivity contribution in [2.75, 3.05) is 39.6 Å². The van der Waals surface area contributed by atoms with Crippen LogP contribution in [0.2, 0.25) is 0 Å². The minimum absolute atomic E-state index is 0.622. The molecule has 1 rings (SSSR count). The number of anilines is 1. The number of nitrogens with zero attached hydrogens (tertiary/aromatic N) is 1. The van der Waals surface area contributed by atoms with Crippen LogP contribution < -0.4 is 10.5 Å². The predicted molar refractivity (Wildman–Crippen MR) is 79.4 cm³/mol. The number of nitrogen functional groups attached to an aromatic ring is 1. The van der Waals surface area contributed by atoms with E-state index in [-0.39, 0.29) is 0 Å². The van der Waals surface area contributed by atoms with E-state index in [1.807, 2.05) is 18.2 Å². The van der Waals surface area contributed by atoms with Crippen molar-refractivity contribution in [3.63, 3.8) is 0 Å². The minimum atomic E-state index is 0.622. The van der Waals surface area contributed by atoms with Crippen LogP contribution >= 0.6 is 0 Å². The van der Waals surface area contributed by atoms with Gasteiger partial charge >= 0.3 is 0 Å². The molecule has 0 saturated carbocycles. The zero-order valence-electron chi connectivity index (χ0n) is 12.5. The molecule has 0 amide bonds. The SMILES string of the molecule is COCCN(Cc1ccc(OC)cc1N)CC(C)C. The second kappa shape index (κ2) is 8.02. The maximum absolute atomic E-state index is 6.07. The number of hydrogen-bond donors (Lipinski definition) is 1. The first-order chi connectivity index (χ1) is 9.06. The summed E-state index contributed by atoms with van der Waals surface area (Å²) in [5.74, 6) is 1.42. The topological polar surface area (TPSA) is 47.7 Å². The standard InChI is InChI=1S/C15H26N2O2/c1-12(2)10-17(7-8-18-3)11-13-5-6-14(19-4)9-15(13)16/h5-6,9,12H,7-8,10-11,16H2,1-4H3. The van der Waals surface area contributed by atoms with Gasteiger partial charge in [0, 0.05) is 38.5 Å². The summed E-state index contributed by atoms with van der Waals surface area (Å²) in [6.07, 6.45) is 0. The van der Waals surface area contributed by atoms with Crippen LogP contribution in [0.3, 0.4) is 0 Å². The summed E-state index contributed by atoms with van der Waals surface area (Å²) in [7, 11) is 3.38. The van der Waals surface area contributed by atoms with Gasteiger partial charge in [-0.05, 0) is 17.5 Å². The van der Waals surface area contributed by atoms with Crippen LogP contribution in [0.25, 0.3) is 0 Å². The van der Waals surface area contributed by atoms with Crippen molar-refractivity contribution in [2.45, 2.75) is 20.4 Å². The Kier molecular flexibility index (Phi) is 6.67. The average Bonchev–Trinajstić information content (AvgIpc) is 2.37. The highest BCUT2D eigenvalue weighted by atomic mass is 16.5. The van der Waals surface area contributed by atoms with Gasteiger partial charge in [0.05, 0.1) is 13.7 Å². The summed E-state index contributed by atoms with van der Waals surface area (Å²) in [6.45, 7) is 7.98. The van der Waals surface area contributed by atoms with Gasteiger partial charge in [0.2, 0.25) is 0 Å². The maximum Gasteiger partial charge on any atom is 0.120 e. The number of rotatable bonds is 8. The van der Waals surface area contributed by atoms with Crippen LogP contribution in [-0.4, -0.2) is 38.8 Å². The van der Waals surface area contributed by atoms with Crippen LogP contribution in [-0.2, 0) is 11.3 Å². The maximum atomic E-state index is 6.07. The lowest BCUT2D eigenvalue weighted by atomic mass is 10.1. The van der Waals surface area contributed by atoms with E-state index in [0.29, 0.717) is 5.92 Å². The molecular weight excluding hydrogens is 240 g/mol. The van der Waals surface area contributed by atoms with Crippen molar-refractivity contribution in [2.24, 2.45) is 5.92 Å². The normalized spacial score (nSPS) is 11.3. The molecule has 4 nitrogen and oxygen atoms in total. The van der Waals surface area contributed by atoms with Gasteiger partial charge in [0.1, 0.15) is 5.75 Å². The Balaban J connectivity index is 2.71. The molecule has 0 atom stereocenters. The van der Waals surface area contributed by atoms with Gasteiger partial charge in [0.25, 0.3) is 0 Å². The fraction of sp³-hybridized carbons (Fsp3) is 0.600. The van der Waals surface area contributed by atoms with Crippen molar-refractivity contribution in [3.05, 3.63) is 23.8 Å². The first kappa shape index (κ1) is 15.8. The summed E-state index contributed by atoms with van der Waals surface area (Å²) >= 11 is 0. The van der Waals surface area contributed by atoms with Crippen molar-refractivity contribution in [1.29, 1.82) is 0 Å². The quantitative estimate of drug-likeness (QED) is 0.734. The highest BCUT2D eigenvalue weighted by Crippen LogP contribution is 2.21. The zero-order chi connectivity index (χ0) is 14.3. The van der Waals surface area contributed by atoms with E-state index in [9.17, 15) is 0 Å². The molecule has 0 saturated heterocycles. The summed E-state index contributed by atoms with van der Waals surface area (Å²) in [5.41, 5.74) is 7.99. The fourth-order valence-corrected chi connectivity index (χ4v) is 2.06. The number of methoxy groups -OCH3 is 2. The molecule has 1 aromatic carbocycles. The largest absolute Gasteiger partial charge is 0.497 e. The molecule has 0 bridgehead atoms. The second-order valence-corrected chi connectivity index (χ2v) is 5.19. The van der Waals surface area contributed by atoms with Gasteiger partial charge in [-0.1, -0.05) is 19.9 Å². The highest BCUT2D eigenvalue weighted by Gasteiger charge is 2.10. The zero-order valence-corrected chi connectivity index (χ0v) is 12.5. The van der Waals surface area contributed by atoms with E-state index in [1.165, 1.54) is 0 Å². The highest BCUT2D eigenvalue weighted by molar-refractivity contribution is 5.51. The van der Waals surface area contributed by atoms with Crippen LogP contribution in [0.4, 0.5) is 5.69 Å². The Morgan fingerprint density at radius 1 is 1.26 bits per heavy atom. The molecule has 0 aliphatic rings. The number of nitrogens with two attached hydrogens (primary N) is 1. The Morgan fingerprint density at radius 3 is 2.53 bits per heavy atom. The van der Waals surface area contributed by atoms with Crippen molar-refractivity contribution >= 4 is 5.69 Å². The third-order valence-electron chi connectivity index (χ3n) is 2.98. The van der Waals surface area contributed by atoms with Gasteiger partial charge in [-0.2, -0.15) is 0 Å². The first-order valence-corrected chi connectivity index (χ1v) is 6.70. The van der Waals surface area contributed by atoms with Gasteiger partial charge < -0.3 is 15.2 Å². The van der Waals surface area contributed by atoms with Gasteiger partial charge in [-0.3, -0.25) is 4.90 Å². The number of ether oxygens (including phenoxy) is 2. The smallest absolute Gasteiger partial charge is 0.120 e. The number of benzene rings is 1. The lowest BCUT2D eigenvalue weighted by Crippen LogP contribution is -2.30. The molecule has 0 unspecified atom stereocenters. The number of hydrogen-bond acceptors (Lipinski definition) is 4. The van der Waals surface area contributed by atoms with Crippen LogP contribution in [0.1, 0.15) is 19.4 Å². The minimum Gasteiger partial charge on any atom is -0.497 e. The lowest BCUT2D eigenvalue weighted by molar-refractivity contribution is 0.136. The van der Waals surface area contributed by atoms with Gasteiger partial charge in [-0.25, -0.2) is 0 Å². The Labute approximate surface area is 116 Å². The fourth-order valence-electron chi connectivity index (χ4n) is 2.06. The molecule has 108 valence electrons. The lowest BCUT2D eigenvalue weighted by Gasteiger charge is -2.24. The second-order valence-electron chi connectivity index (χ2n) is 5.19. The van der Waals surface area contributed by atoms with Gasteiger partial charge in [-0.15, -0.1) is 0 Å². The summed E-state index contributed by atoms with van der Waals surface area (Å²) in [6, 6.07) is 5.86. The van der Waals surface area contributed by atoms with E-state index in [2.05, 4.69) is 18.7 Å². The molecule has 2 N–H and O–H groups in total. The molecule has 19 heavy (non-hydrogen) atoms.